The highest BCUT2D eigenvalue weighted by molar-refractivity contribution is 6.30. The van der Waals surface area contributed by atoms with Crippen LogP contribution in [0, 0.1) is 6.92 Å². The SMILES string of the molecule is CC(=O)Cc1cc(Cl)ccn1.Cc1cc(Cl)ccn1. The van der Waals surface area contributed by atoms with Gasteiger partial charge in [0.15, 0.2) is 0 Å². The molecule has 0 fully saturated rings. The van der Waals surface area contributed by atoms with Gasteiger partial charge in [-0.05, 0) is 38.1 Å². The third-order valence-electron chi connectivity index (χ3n) is 2.07. The predicted molar refractivity (Wildman–Crippen MR) is 77.6 cm³/mol. The van der Waals surface area contributed by atoms with Crippen molar-refractivity contribution >= 4 is 29.0 Å². The predicted octanol–water partition coefficient (Wildman–Crippen LogP) is 3.91. The summed E-state index contributed by atoms with van der Waals surface area (Å²) in [5.74, 6) is 0.0970. The maximum Gasteiger partial charge on any atom is 0.135 e. The molecule has 0 saturated carbocycles. The highest BCUT2D eigenvalue weighted by Gasteiger charge is 1.98. The fourth-order valence-corrected chi connectivity index (χ4v) is 1.71. The van der Waals surface area contributed by atoms with Crippen LogP contribution in [0.2, 0.25) is 10.0 Å². The Bertz CT molecular complexity index is 541. The van der Waals surface area contributed by atoms with E-state index in [-0.39, 0.29) is 5.78 Å². The lowest BCUT2D eigenvalue weighted by Crippen LogP contribution is -1.98. The molecule has 0 N–H and O–H groups in total. The summed E-state index contributed by atoms with van der Waals surface area (Å²) in [6.45, 7) is 3.44. The molecule has 0 radical (unpaired) electrons. The van der Waals surface area contributed by atoms with E-state index in [4.69, 9.17) is 23.2 Å². The molecule has 0 unspecified atom stereocenters. The fraction of sp³-hybridized carbons (Fsp3) is 0.214. The quantitative estimate of drug-likeness (QED) is 0.844. The largest absolute Gasteiger partial charge is 0.300 e. The second kappa shape index (κ2) is 7.87. The van der Waals surface area contributed by atoms with E-state index in [0.29, 0.717) is 11.4 Å². The number of hydrogen-bond donors (Lipinski definition) is 0. The number of nitrogens with zero attached hydrogens (tertiary/aromatic N) is 2. The molecule has 19 heavy (non-hydrogen) atoms. The van der Waals surface area contributed by atoms with Gasteiger partial charge in [0.1, 0.15) is 5.78 Å². The lowest BCUT2D eigenvalue weighted by Gasteiger charge is -1.95. The minimum atomic E-state index is 0.0970. The van der Waals surface area contributed by atoms with E-state index in [1.165, 1.54) is 6.92 Å². The van der Waals surface area contributed by atoms with E-state index in [0.717, 1.165) is 16.4 Å². The molecule has 0 saturated heterocycles. The number of rotatable bonds is 2. The molecule has 2 aromatic heterocycles. The third-order valence-corrected chi connectivity index (χ3v) is 2.54. The molecule has 0 aromatic carbocycles. The van der Waals surface area contributed by atoms with Gasteiger partial charge in [0, 0.05) is 40.2 Å². The molecular weight excluding hydrogens is 283 g/mol. The Labute approximate surface area is 122 Å². The van der Waals surface area contributed by atoms with Gasteiger partial charge in [-0.1, -0.05) is 23.2 Å². The first-order valence-corrected chi connectivity index (χ1v) is 6.41. The van der Waals surface area contributed by atoms with E-state index in [1.54, 1.807) is 30.6 Å². The Morgan fingerprint density at radius 2 is 1.68 bits per heavy atom. The van der Waals surface area contributed by atoms with Crippen molar-refractivity contribution in [3.05, 3.63) is 58.1 Å². The van der Waals surface area contributed by atoms with Crippen LogP contribution < -0.4 is 0 Å². The van der Waals surface area contributed by atoms with Crippen LogP contribution in [0.1, 0.15) is 18.3 Å². The van der Waals surface area contributed by atoms with Gasteiger partial charge >= 0.3 is 0 Å². The van der Waals surface area contributed by atoms with Gasteiger partial charge in [0.2, 0.25) is 0 Å². The second-order valence-corrected chi connectivity index (χ2v) is 4.83. The molecule has 2 rings (SSSR count). The molecule has 0 aliphatic carbocycles. The maximum absolute atomic E-state index is 10.6. The summed E-state index contributed by atoms with van der Waals surface area (Å²) in [6, 6.07) is 6.96. The molecule has 2 heterocycles. The summed E-state index contributed by atoms with van der Waals surface area (Å²) < 4.78 is 0. The minimum Gasteiger partial charge on any atom is -0.300 e. The molecule has 0 spiro atoms. The van der Waals surface area contributed by atoms with Crippen LogP contribution in [0.3, 0.4) is 0 Å². The zero-order valence-corrected chi connectivity index (χ0v) is 12.2. The number of hydrogen-bond acceptors (Lipinski definition) is 3. The number of carbonyl (C=O) groups excluding carboxylic acids is 1. The van der Waals surface area contributed by atoms with Crippen molar-refractivity contribution in [1.29, 1.82) is 0 Å². The lowest BCUT2D eigenvalue weighted by atomic mass is 10.2. The molecule has 5 heteroatoms. The molecule has 100 valence electrons. The van der Waals surface area contributed by atoms with E-state index < -0.39 is 0 Å². The summed E-state index contributed by atoms with van der Waals surface area (Å²) in [6.07, 6.45) is 3.65. The Morgan fingerprint density at radius 3 is 2.11 bits per heavy atom. The normalized spacial score (nSPS) is 9.47. The molecule has 0 aliphatic rings. The Morgan fingerprint density at radius 1 is 1.11 bits per heavy atom. The van der Waals surface area contributed by atoms with E-state index in [2.05, 4.69) is 9.97 Å². The zero-order chi connectivity index (χ0) is 14.3. The van der Waals surface area contributed by atoms with Crippen LogP contribution in [-0.2, 0) is 11.2 Å². The van der Waals surface area contributed by atoms with Crippen LogP contribution in [0.25, 0.3) is 0 Å². The Kier molecular flexibility index (Phi) is 6.46. The van der Waals surface area contributed by atoms with Crippen molar-refractivity contribution in [3.63, 3.8) is 0 Å². The van der Waals surface area contributed by atoms with Crippen molar-refractivity contribution in [2.45, 2.75) is 20.3 Å². The summed E-state index contributed by atoms with van der Waals surface area (Å²) in [5, 5.41) is 1.37. The average molecular weight is 297 g/mol. The van der Waals surface area contributed by atoms with Crippen LogP contribution in [0.15, 0.2) is 36.7 Å². The van der Waals surface area contributed by atoms with Crippen LogP contribution in [0.4, 0.5) is 0 Å². The molecule has 0 amide bonds. The average Bonchev–Trinajstić information content (AvgIpc) is 2.28. The van der Waals surface area contributed by atoms with E-state index in [9.17, 15) is 4.79 Å². The standard InChI is InChI=1S/C8H8ClNO.C6H6ClN/c1-6(11)4-8-5-7(9)2-3-10-8;1-5-4-6(7)2-3-8-5/h2-3,5H,4H2,1H3;2-4H,1H3. The number of aryl methyl sites for hydroxylation is 1. The third kappa shape index (κ3) is 6.89. The van der Waals surface area contributed by atoms with Gasteiger partial charge in [-0.2, -0.15) is 0 Å². The fourth-order valence-electron chi connectivity index (χ4n) is 1.31. The molecule has 3 nitrogen and oxygen atoms in total. The van der Waals surface area contributed by atoms with Gasteiger partial charge in [0.05, 0.1) is 0 Å². The molecule has 0 aliphatic heterocycles. The number of carbonyl (C=O) groups is 1. The first-order valence-electron chi connectivity index (χ1n) is 5.65. The molecular formula is C14H14Cl2N2O. The summed E-state index contributed by atoms with van der Waals surface area (Å²) in [4.78, 5) is 18.6. The Hall–Kier alpha value is -1.45. The van der Waals surface area contributed by atoms with Crippen LogP contribution in [0.5, 0.6) is 0 Å². The smallest absolute Gasteiger partial charge is 0.135 e. The first-order chi connectivity index (χ1) is 8.97. The first kappa shape index (κ1) is 15.6. The van der Waals surface area contributed by atoms with Gasteiger partial charge in [-0.15, -0.1) is 0 Å². The monoisotopic (exact) mass is 296 g/mol. The highest BCUT2D eigenvalue weighted by atomic mass is 35.5. The van der Waals surface area contributed by atoms with Crippen LogP contribution in [-0.4, -0.2) is 15.8 Å². The van der Waals surface area contributed by atoms with E-state index in [1.807, 2.05) is 13.0 Å². The van der Waals surface area contributed by atoms with Gasteiger partial charge in [-0.25, -0.2) is 0 Å². The zero-order valence-electron chi connectivity index (χ0n) is 10.7. The van der Waals surface area contributed by atoms with Gasteiger partial charge in [0.25, 0.3) is 0 Å². The summed E-state index contributed by atoms with van der Waals surface area (Å²) in [7, 11) is 0. The number of aromatic nitrogens is 2. The van der Waals surface area contributed by atoms with Crippen molar-refractivity contribution in [1.82, 2.24) is 9.97 Å². The summed E-state index contributed by atoms with van der Waals surface area (Å²) >= 11 is 11.3. The molecule has 0 bridgehead atoms. The summed E-state index contributed by atoms with van der Waals surface area (Å²) in [5.41, 5.74) is 1.68. The topological polar surface area (TPSA) is 42.9 Å². The van der Waals surface area contributed by atoms with Crippen molar-refractivity contribution in [3.8, 4) is 0 Å². The maximum atomic E-state index is 10.6. The van der Waals surface area contributed by atoms with E-state index >= 15 is 0 Å². The highest BCUT2D eigenvalue weighted by Crippen LogP contribution is 2.08. The van der Waals surface area contributed by atoms with Gasteiger partial charge in [-0.3, -0.25) is 14.8 Å². The number of Topliss-reactive ketones (excluding diaryl/α,β-unsaturated/α-hetero) is 1. The minimum absolute atomic E-state index is 0.0970. The van der Waals surface area contributed by atoms with Crippen LogP contribution >= 0.6 is 23.2 Å². The lowest BCUT2D eigenvalue weighted by molar-refractivity contribution is -0.116. The van der Waals surface area contributed by atoms with Crippen molar-refractivity contribution < 1.29 is 4.79 Å². The Balaban J connectivity index is 0.000000200. The van der Waals surface area contributed by atoms with Crippen molar-refractivity contribution in [2.24, 2.45) is 0 Å². The number of halogens is 2. The van der Waals surface area contributed by atoms with Gasteiger partial charge < -0.3 is 0 Å². The number of pyridine rings is 2. The second-order valence-electron chi connectivity index (χ2n) is 3.96. The molecule has 2 aromatic rings. The van der Waals surface area contributed by atoms with Crippen molar-refractivity contribution in [2.75, 3.05) is 0 Å². The number of ketones is 1. The molecule has 0 atom stereocenters.